The summed E-state index contributed by atoms with van der Waals surface area (Å²) in [6.45, 7) is 4.60. The largest absolute Gasteiger partial charge is 0.478 e. The first-order valence-corrected chi connectivity index (χ1v) is 5.22. The van der Waals surface area contributed by atoms with Crippen LogP contribution in [0.5, 0.6) is 0 Å². The van der Waals surface area contributed by atoms with Gasteiger partial charge in [-0.25, -0.2) is 0 Å². The predicted molar refractivity (Wildman–Crippen MR) is 63.4 cm³/mol. The van der Waals surface area contributed by atoms with Crippen molar-refractivity contribution in [1.82, 2.24) is 0 Å². The minimum atomic E-state index is 0.119. The molecule has 1 aromatic carbocycles. The quantitative estimate of drug-likeness (QED) is 0.604. The molecule has 0 unspecified atom stereocenters. The third kappa shape index (κ3) is 3.08. The number of nitrogens with one attached hydrogen (secondary N) is 2. The summed E-state index contributed by atoms with van der Waals surface area (Å²) in [5, 5.41) is 15.3. The third-order valence-electron chi connectivity index (χ3n) is 1.96. The second-order valence-corrected chi connectivity index (χ2v) is 3.11. The second kappa shape index (κ2) is 5.90. The fourth-order valence-corrected chi connectivity index (χ4v) is 1.26. The van der Waals surface area contributed by atoms with Crippen LogP contribution in [0.2, 0.25) is 0 Å². The Bertz CT molecular complexity index is 355. The molecule has 2 N–H and O–H groups in total. The van der Waals surface area contributed by atoms with Crippen LogP contribution in [-0.2, 0) is 9.47 Å². The van der Waals surface area contributed by atoms with Gasteiger partial charge in [-0.1, -0.05) is 6.07 Å². The molecule has 0 fully saturated rings. The highest BCUT2D eigenvalue weighted by atomic mass is 16.5. The molecule has 16 heavy (non-hydrogen) atoms. The maximum atomic E-state index is 7.64. The Balaban J connectivity index is 2.86. The Morgan fingerprint density at radius 2 is 1.44 bits per heavy atom. The van der Waals surface area contributed by atoms with Crippen LogP contribution in [0.4, 0.5) is 0 Å². The summed E-state index contributed by atoms with van der Waals surface area (Å²) in [6, 6.07) is 7.06. The molecule has 0 spiro atoms. The highest BCUT2D eigenvalue weighted by Gasteiger charge is 2.06. The van der Waals surface area contributed by atoms with Gasteiger partial charge < -0.3 is 9.47 Å². The highest BCUT2D eigenvalue weighted by Crippen LogP contribution is 2.08. The summed E-state index contributed by atoms with van der Waals surface area (Å²) < 4.78 is 10.2. The number of hydrogen-bond acceptors (Lipinski definition) is 4. The number of hydrogen-bond donors (Lipinski definition) is 2. The van der Waals surface area contributed by atoms with Gasteiger partial charge in [-0.05, 0) is 32.0 Å². The minimum absolute atomic E-state index is 0.119. The van der Waals surface area contributed by atoms with Gasteiger partial charge in [0.05, 0.1) is 13.2 Å². The van der Waals surface area contributed by atoms with Crippen LogP contribution in [0, 0.1) is 10.8 Å². The Kier molecular flexibility index (Phi) is 4.51. The molecule has 4 nitrogen and oxygen atoms in total. The zero-order chi connectivity index (χ0) is 12.0. The van der Waals surface area contributed by atoms with Crippen molar-refractivity contribution in [2.75, 3.05) is 13.2 Å². The first-order chi connectivity index (χ1) is 7.69. The van der Waals surface area contributed by atoms with E-state index in [1.54, 1.807) is 24.3 Å². The second-order valence-electron chi connectivity index (χ2n) is 3.11. The fraction of sp³-hybridized carbons (Fsp3) is 0.333. The van der Waals surface area contributed by atoms with Crippen LogP contribution in [-0.4, -0.2) is 25.0 Å². The van der Waals surface area contributed by atoms with Gasteiger partial charge in [0.2, 0.25) is 11.8 Å². The molecular weight excluding hydrogens is 204 g/mol. The average molecular weight is 220 g/mol. The molecule has 0 saturated heterocycles. The van der Waals surface area contributed by atoms with Crippen LogP contribution >= 0.6 is 0 Å². The molecule has 86 valence electrons. The molecule has 0 aliphatic rings. The van der Waals surface area contributed by atoms with Gasteiger partial charge in [0.15, 0.2) is 0 Å². The molecule has 0 saturated carbocycles. The SMILES string of the molecule is CCOC(=N)c1cccc(C(=N)OCC)c1. The van der Waals surface area contributed by atoms with Crippen molar-refractivity contribution in [3.05, 3.63) is 35.4 Å². The summed E-state index contributed by atoms with van der Waals surface area (Å²) in [6.07, 6.45) is 0. The van der Waals surface area contributed by atoms with E-state index < -0.39 is 0 Å². The molecule has 0 aromatic heterocycles. The van der Waals surface area contributed by atoms with E-state index in [0.29, 0.717) is 24.3 Å². The first-order valence-electron chi connectivity index (χ1n) is 5.22. The molecule has 0 atom stereocenters. The van der Waals surface area contributed by atoms with E-state index >= 15 is 0 Å². The van der Waals surface area contributed by atoms with E-state index in [-0.39, 0.29) is 11.8 Å². The predicted octanol–water partition coefficient (Wildman–Crippen LogP) is 2.41. The van der Waals surface area contributed by atoms with E-state index in [4.69, 9.17) is 20.3 Å². The summed E-state index contributed by atoms with van der Waals surface area (Å²) in [4.78, 5) is 0. The first kappa shape index (κ1) is 12.2. The van der Waals surface area contributed by atoms with Gasteiger partial charge in [-0.2, -0.15) is 0 Å². The van der Waals surface area contributed by atoms with E-state index in [2.05, 4.69) is 0 Å². The number of rotatable bonds is 4. The van der Waals surface area contributed by atoms with Crippen LogP contribution in [0.15, 0.2) is 24.3 Å². The Morgan fingerprint density at radius 1 is 1.00 bits per heavy atom. The van der Waals surface area contributed by atoms with E-state index in [0.717, 1.165) is 0 Å². The normalized spacial score (nSPS) is 9.62. The summed E-state index contributed by atoms with van der Waals surface area (Å²) >= 11 is 0. The Labute approximate surface area is 95.2 Å². The molecule has 4 heteroatoms. The Hall–Kier alpha value is -1.84. The van der Waals surface area contributed by atoms with E-state index in [9.17, 15) is 0 Å². The Morgan fingerprint density at radius 3 is 1.81 bits per heavy atom. The van der Waals surface area contributed by atoms with Gasteiger partial charge in [0, 0.05) is 11.1 Å². The monoisotopic (exact) mass is 220 g/mol. The number of ether oxygens (including phenoxy) is 2. The van der Waals surface area contributed by atoms with Gasteiger partial charge >= 0.3 is 0 Å². The summed E-state index contributed by atoms with van der Waals surface area (Å²) in [5.74, 6) is 0.238. The molecular formula is C12H16N2O2. The topological polar surface area (TPSA) is 66.2 Å². The van der Waals surface area contributed by atoms with Crippen molar-refractivity contribution >= 4 is 11.8 Å². The van der Waals surface area contributed by atoms with Crippen LogP contribution in [0.25, 0.3) is 0 Å². The maximum Gasteiger partial charge on any atom is 0.213 e. The van der Waals surface area contributed by atoms with Gasteiger partial charge in [-0.3, -0.25) is 10.8 Å². The standard InChI is InChI=1S/C12H16N2O2/c1-3-15-11(13)9-6-5-7-10(8-9)12(14)16-4-2/h5-8,13-14H,3-4H2,1-2H3. The molecule has 0 radical (unpaired) electrons. The van der Waals surface area contributed by atoms with Crippen molar-refractivity contribution < 1.29 is 9.47 Å². The average Bonchev–Trinajstić information content (AvgIpc) is 2.30. The number of benzene rings is 1. The van der Waals surface area contributed by atoms with Gasteiger partial charge in [0.1, 0.15) is 0 Å². The lowest BCUT2D eigenvalue weighted by molar-refractivity contribution is 0.324. The summed E-state index contributed by atoms with van der Waals surface area (Å²) in [5.41, 5.74) is 1.31. The molecule has 0 aliphatic carbocycles. The van der Waals surface area contributed by atoms with Crippen molar-refractivity contribution in [2.24, 2.45) is 0 Å². The zero-order valence-electron chi connectivity index (χ0n) is 9.54. The molecule has 0 bridgehead atoms. The lowest BCUT2D eigenvalue weighted by Gasteiger charge is -2.08. The maximum absolute atomic E-state index is 7.64. The lowest BCUT2D eigenvalue weighted by atomic mass is 10.1. The molecule has 1 aromatic rings. The third-order valence-corrected chi connectivity index (χ3v) is 1.96. The van der Waals surface area contributed by atoms with Crippen LogP contribution < -0.4 is 0 Å². The molecule has 0 aliphatic heterocycles. The van der Waals surface area contributed by atoms with E-state index in [1.807, 2.05) is 13.8 Å². The van der Waals surface area contributed by atoms with Gasteiger partial charge in [0.25, 0.3) is 0 Å². The van der Waals surface area contributed by atoms with E-state index in [1.165, 1.54) is 0 Å². The highest BCUT2D eigenvalue weighted by molar-refractivity contribution is 5.97. The zero-order valence-corrected chi connectivity index (χ0v) is 9.54. The van der Waals surface area contributed by atoms with Crippen molar-refractivity contribution in [2.45, 2.75) is 13.8 Å². The van der Waals surface area contributed by atoms with Crippen molar-refractivity contribution in [3.8, 4) is 0 Å². The van der Waals surface area contributed by atoms with Crippen molar-refractivity contribution in [3.63, 3.8) is 0 Å². The van der Waals surface area contributed by atoms with Gasteiger partial charge in [-0.15, -0.1) is 0 Å². The van der Waals surface area contributed by atoms with Crippen molar-refractivity contribution in [1.29, 1.82) is 10.8 Å². The van der Waals surface area contributed by atoms with Crippen LogP contribution in [0.3, 0.4) is 0 Å². The van der Waals surface area contributed by atoms with Crippen LogP contribution in [0.1, 0.15) is 25.0 Å². The molecule has 1 rings (SSSR count). The lowest BCUT2D eigenvalue weighted by Crippen LogP contribution is -2.08. The summed E-state index contributed by atoms with van der Waals surface area (Å²) in [7, 11) is 0. The molecule has 0 heterocycles. The smallest absolute Gasteiger partial charge is 0.213 e. The molecule has 0 amide bonds. The minimum Gasteiger partial charge on any atom is -0.478 e. The fourth-order valence-electron chi connectivity index (χ4n) is 1.26.